The molecule has 1 aromatic carbocycles. The van der Waals surface area contributed by atoms with Gasteiger partial charge in [-0.15, -0.1) is 11.3 Å². The summed E-state index contributed by atoms with van der Waals surface area (Å²) in [6.45, 7) is 16.3. The zero-order valence-corrected chi connectivity index (χ0v) is 19.3. The first kappa shape index (κ1) is 22.0. The zero-order valence-electron chi connectivity index (χ0n) is 18.4. The van der Waals surface area contributed by atoms with Gasteiger partial charge in [0.05, 0.1) is 6.04 Å². The molecule has 1 aliphatic heterocycles. The number of hydrogen-bond acceptors (Lipinski definition) is 4. The summed E-state index contributed by atoms with van der Waals surface area (Å²) >= 11 is 1.78. The predicted octanol–water partition coefficient (Wildman–Crippen LogP) is 4.54. The number of amides is 1. The Bertz CT molecular complexity index is 771. The second-order valence-corrected chi connectivity index (χ2v) is 10.00. The first-order valence-electron chi connectivity index (χ1n) is 10.7. The van der Waals surface area contributed by atoms with Crippen LogP contribution in [0.1, 0.15) is 61.5 Å². The molecule has 1 N–H and O–H groups in total. The maximum atomic E-state index is 12.9. The fraction of sp³-hybridized carbons (Fsp3) is 0.542. The number of carbonyl (C=O) groups is 1. The molecule has 2 heterocycles. The third-order valence-corrected chi connectivity index (χ3v) is 6.87. The van der Waals surface area contributed by atoms with E-state index in [1.807, 2.05) is 12.1 Å². The van der Waals surface area contributed by atoms with E-state index in [4.69, 9.17) is 0 Å². The highest BCUT2D eigenvalue weighted by atomic mass is 32.1. The molecule has 2 atom stereocenters. The average Bonchev–Trinajstić information content (AvgIpc) is 3.22. The van der Waals surface area contributed by atoms with Gasteiger partial charge < -0.3 is 10.2 Å². The van der Waals surface area contributed by atoms with Crippen LogP contribution in [-0.2, 0) is 5.41 Å². The lowest BCUT2D eigenvalue weighted by Gasteiger charge is -2.41. The summed E-state index contributed by atoms with van der Waals surface area (Å²) in [5.41, 5.74) is 2.06. The minimum absolute atomic E-state index is 0.00621. The Balaban J connectivity index is 1.71. The molecular formula is C24H35N3OS. The summed E-state index contributed by atoms with van der Waals surface area (Å²) in [5, 5.41) is 5.41. The molecular weight excluding hydrogens is 378 g/mol. The van der Waals surface area contributed by atoms with Gasteiger partial charge >= 0.3 is 0 Å². The number of carbonyl (C=O) groups excluding carboxylic acids is 1. The van der Waals surface area contributed by atoms with Gasteiger partial charge in [0.25, 0.3) is 5.91 Å². The van der Waals surface area contributed by atoms with Crippen molar-refractivity contribution in [3.8, 4) is 0 Å². The second kappa shape index (κ2) is 9.41. The summed E-state index contributed by atoms with van der Waals surface area (Å²) in [6, 6.07) is 12.6. The molecule has 0 unspecified atom stereocenters. The van der Waals surface area contributed by atoms with Gasteiger partial charge in [-0.2, -0.15) is 0 Å². The standard InChI is InChI=1S/C24H35N3OS/c1-6-26-13-15-27(16-14-26)22(21-8-7-17-29-21)18(2)25-23(28)19-9-11-20(12-10-19)24(3,4)5/h7-12,17-18,22H,6,13-16H2,1-5H3,(H,25,28)/t18-,22+/m1/s1. The smallest absolute Gasteiger partial charge is 0.251 e. The van der Waals surface area contributed by atoms with Crippen molar-refractivity contribution in [2.45, 2.75) is 52.1 Å². The number of hydrogen-bond donors (Lipinski definition) is 1. The third-order valence-electron chi connectivity index (χ3n) is 5.93. The van der Waals surface area contributed by atoms with E-state index in [0.29, 0.717) is 0 Å². The van der Waals surface area contributed by atoms with Crippen molar-refractivity contribution in [3.63, 3.8) is 0 Å². The SMILES string of the molecule is CCN1CCN([C@H](c2cccs2)[C@@H](C)NC(=O)c2ccc(C(C)(C)C)cc2)CC1. The molecule has 5 heteroatoms. The highest BCUT2D eigenvalue weighted by molar-refractivity contribution is 7.10. The van der Waals surface area contributed by atoms with Crippen molar-refractivity contribution >= 4 is 17.2 Å². The monoisotopic (exact) mass is 413 g/mol. The van der Waals surface area contributed by atoms with Gasteiger partial charge in [0, 0.05) is 42.7 Å². The van der Waals surface area contributed by atoms with Crippen molar-refractivity contribution in [1.29, 1.82) is 0 Å². The Kier molecular flexibility index (Phi) is 7.14. The van der Waals surface area contributed by atoms with E-state index in [9.17, 15) is 4.79 Å². The fourth-order valence-electron chi connectivity index (χ4n) is 4.05. The van der Waals surface area contributed by atoms with Gasteiger partial charge in [0.2, 0.25) is 0 Å². The Labute approximate surface area is 179 Å². The average molecular weight is 414 g/mol. The molecule has 0 radical (unpaired) electrons. The van der Waals surface area contributed by atoms with Crippen LogP contribution >= 0.6 is 11.3 Å². The Hall–Kier alpha value is -1.69. The molecule has 1 aliphatic rings. The van der Waals surface area contributed by atoms with E-state index in [1.54, 1.807) is 11.3 Å². The lowest BCUT2D eigenvalue weighted by molar-refractivity contribution is 0.0753. The summed E-state index contributed by atoms with van der Waals surface area (Å²) < 4.78 is 0. The topological polar surface area (TPSA) is 35.6 Å². The van der Waals surface area contributed by atoms with E-state index < -0.39 is 0 Å². The Morgan fingerprint density at radius 1 is 1.10 bits per heavy atom. The molecule has 4 nitrogen and oxygen atoms in total. The second-order valence-electron chi connectivity index (χ2n) is 9.02. The summed E-state index contributed by atoms with van der Waals surface area (Å²) in [5.74, 6) is 0.00621. The molecule has 2 aromatic rings. The van der Waals surface area contributed by atoms with Crippen LogP contribution in [0, 0.1) is 0 Å². The highest BCUT2D eigenvalue weighted by Gasteiger charge is 2.30. The maximum absolute atomic E-state index is 12.9. The molecule has 0 aliphatic carbocycles. The fourth-order valence-corrected chi connectivity index (χ4v) is 5.01. The lowest BCUT2D eigenvalue weighted by Crippen LogP contribution is -2.52. The largest absolute Gasteiger partial charge is 0.348 e. The molecule has 0 saturated carbocycles. The summed E-state index contributed by atoms with van der Waals surface area (Å²) in [4.78, 5) is 19.3. The Morgan fingerprint density at radius 2 is 1.76 bits per heavy atom. The normalized spacial score (nSPS) is 18.4. The number of nitrogens with one attached hydrogen (secondary N) is 1. The molecule has 1 saturated heterocycles. The zero-order chi connectivity index (χ0) is 21.0. The van der Waals surface area contributed by atoms with Gasteiger partial charge in [0.1, 0.15) is 0 Å². The van der Waals surface area contributed by atoms with Crippen LogP contribution in [0.25, 0.3) is 0 Å². The van der Waals surface area contributed by atoms with Crippen LogP contribution in [0.4, 0.5) is 0 Å². The van der Waals surface area contributed by atoms with Crippen LogP contribution < -0.4 is 5.32 Å². The molecule has 29 heavy (non-hydrogen) atoms. The molecule has 1 amide bonds. The summed E-state index contributed by atoms with van der Waals surface area (Å²) in [7, 11) is 0. The minimum Gasteiger partial charge on any atom is -0.348 e. The maximum Gasteiger partial charge on any atom is 0.251 e. The van der Waals surface area contributed by atoms with E-state index in [-0.39, 0.29) is 23.4 Å². The van der Waals surface area contributed by atoms with Gasteiger partial charge in [-0.05, 0) is 48.0 Å². The number of piperazine rings is 1. The van der Waals surface area contributed by atoms with Crippen LogP contribution in [0.5, 0.6) is 0 Å². The van der Waals surface area contributed by atoms with Crippen LogP contribution in [-0.4, -0.2) is 54.5 Å². The molecule has 1 aromatic heterocycles. The Morgan fingerprint density at radius 3 is 2.28 bits per heavy atom. The van der Waals surface area contributed by atoms with Crippen molar-refractivity contribution in [2.75, 3.05) is 32.7 Å². The minimum atomic E-state index is 0.00621. The van der Waals surface area contributed by atoms with Crippen molar-refractivity contribution in [2.24, 2.45) is 0 Å². The van der Waals surface area contributed by atoms with E-state index >= 15 is 0 Å². The molecule has 0 spiro atoms. The van der Waals surface area contributed by atoms with Gasteiger partial charge in [0.15, 0.2) is 0 Å². The van der Waals surface area contributed by atoms with Crippen molar-refractivity contribution in [3.05, 3.63) is 57.8 Å². The number of benzene rings is 1. The summed E-state index contributed by atoms with van der Waals surface area (Å²) in [6.07, 6.45) is 0. The number of rotatable bonds is 6. The number of nitrogens with zero attached hydrogens (tertiary/aromatic N) is 2. The molecule has 1 fully saturated rings. The predicted molar refractivity (Wildman–Crippen MR) is 123 cm³/mol. The van der Waals surface area contributed by atoms with Gasteiger partial charge in [-0.25, -0.2) is 0 Å². The van der Waals surface area contributed by atoms with Crippen LogP contribution in [0.2, 0.25) is 0 Å². The lowest BCUT2D eigenvalue weighted by atomic mass is 9.86. The van der Waals surface area contributed by atoms with E-state index in [1.165, 1.54) is 10.4 Å². The molecule has 3 rings (SSSR count). The number of likely N-dealkylation sites (N-methyl/N-ethyl adjacent to an activating group) is 1. The first-order valence-corrected chi connectivity index (χ1v) is 11.6. The van der Waals surface area contributed by atoms with Crippen molar-refractivity contribution < 1.29 is 4.79 Å². The molecule has 158 valence electrons. The first-order chi connectivity index (χ1) is 13.8. The number of thiophene rings is 1. The van der Waals surface area contributed by atoms with Gasteiger partial charge in [-0.1, -0.05) is 45.9 Å². The van der Waals surface area contributed by atoms with Crippen LogP contribution in [0.3, 0.4) is 0 Å². The molecule has 0 bridgehead atoms. The van der Waals surface area contributed by atoms with E-state index in [0.717, 1.165) is 38.3 Å². The van der Waals surface area contributed by atoms with Gasteiger partial charge in [-0.3, -0.25) is 9.69 Å². The third kappa shape index (κ3) is 5.47. The van der Waals surface area contributed by atoms with Crippen molar-refractivity contribution in [1.82, 2.24) is 15.1 Å². The van der Waals surface area contributed by atoms with E-state index in [2.05, 4.69) is 79.4 Å². The quantitative estimate of drug-likeness (QED) is 0.755. The van der Waals surface area contributed by atoms with Crippen LogP contribution in [0.15, 0.2) is 41.8 Å². The highest BCUT2D eigenvalue weighted by Crippen LogP contribution is 2.29.